The van der Waals surface area contributed by atoms with Gasteiger partial charge < -0.3 is 14.8 Å². The first kappa shape index (κ1) is 13.5. The third-order valence-electron chi connectivity index (χ3n) is 2.44. The van der Waals surface area contributed by atoms with Crippen molar-refractivity contribution in [3.8, 4) is 17.4 Å². The van der Waals surface area contributed by atoms with Crippen molar-refractivity contribution < 1.29 is 14.4 Å². The van der Waals surface area contributed by atoms with Gasteiger partial charge in [-0.1, -0.05) is 0 Å². The minimum atomic E-state index is -0.540. The summed E-state index contributed by atoms with van der Waals surface area (Å²) >= 11 is 0. The van der Waals surface area contributed by atoms with Crippen molar-refractivity contribution in [2.24, 2.45) is 0 Å². The van der Waals surface area contributed by atoms with Gasteiger partial charge in [-0.05, 0) is 12.1 Å². The van der Waals surface area contributed by atoms with Crippen molar-refractivity contribution in [2.75, 3.05) is 19.5 Å². The van der Waals surface area contributed by atoms with E-state index in [-0.39, 0.29) is 23.1 Å². The molecule has 0 aliphatic carbocycles. The van der Waals surface area contributed by atoms with E-state index < -0.39 is 4.92 Å². The van der Waals surface area contributed by atoms with Crippen molar-refractivity contribution in [1.82, 2.24) is 9.97 Å². The number of nitrogens with zero attached hydrogens (tertiary/aromatic N) is 3. The van der Waals surface area contributed by atoms with Gasteiger partial charge in [0.2, 0.25) is 5.88 Å². The molecule has 0 fully saturated rings. The van der Waals surface area contributed by atoms with E-state index in [0.717, 1.165) is 0 Å². The summed E-state index contributed by atoms with van der Waals surface area (Å²) in [4.78, 5) is 18.4. The van der Waals surface area contributed by atoms with Crippen LogP contribution >= 0.6 is 0 Å². The highest BCUT2D eigenvalue weighted by Gasteiger charge is 2.16. The molecule has 2 aromatic rings. The molecular formula is C12H12N4O4. The number of anilines is 1. The molecule has 1 aromatic heterocycles. The number of methoxy groups -OCH3 is 1. The summed E-state index contributed by atoms with van der Waals surface area (Å²) in [6, 6.07) is 4.29. The van der Waals surface area contributed by atoms with Crippen LogP contribution in [0, 0.1) is 10.1 Å². The Hall–Kier alpha value is -2.90. The zero-order valence-electron chi connectivity index (χ0n) is 10.9. The van der Waals surface area contributed by atoms with E-state index in [4.69, 9.17) is 9.47 Å². The number of rotatable bonds is 5. The molecule has 0 saturated heterocycles. The topological polar surface area (TPSA) is 99.4 Å². The van der Waals surface area contributed by atoms with E-state index in [9.17, 15) is 10.1 Å². The molecule has 0 spiro atoms. The van der Waals surface area contributed by atoms with E-state index >= 15 is 0 Å². The maximum atomic E-state index is 10.9. The van der Waals surface area contributed by atoms with Crippen LogP contribution in [0.5, 0.6) is 17.4 Å². The minimum absolute atomic E-state index is 0.164. The van der Waals surface area contributed by atoms with Crippen LogP contribution in [0.25, 0.3) is 0 Å². The summed E-state index contributed by atoms with van der Waals surface area (Å²) in [7, 11) is 3.07. The third kappa shape index (κ3) is 2.91. The van der Waals surface area contributed by atoms with Gasteiger partial charge in [-0.2, -0.15) is 4.98 Å². The molecule has 8 heteroatoms. The van der Waals surface area contributed by atoms with Gasteiger partial charge in [-0.3, -0.25) is 15.1 Å². The van der Waals surface area contributed by atoms with Crippen LogP contribution in [0.2, 0.25) is 0 Å². The number of hydrogen-bond donors (Lipinski definition) is 1. The molecular weight excluding hydrogens is 264 g/mol. The van der Waals surface area contributed by atoms with Gasteiger partial charge in [0.1, 0.15) is 11.6 Å². The fraction of sp³-hybridized carbons (Fsp3) is 0.167. The van der Waals surface area contributed by atoms with Gasteiger partial charge in [-0.25, -0.2) is 0 Å². The molecule has 1 heterocycles. The lowest BCUT2D eigenvalue weighted by molar-refractivity contribution is -0.385. The summed E-state index contributed by atoms with van der Waals surface area (Å²) < 4.78 is 10.4. The normalized spacial score (nSPS) is 9.90. The number of nitro benzene ring substituents is 1. The number of benzene rings is 1. The van der Waals surface area contributed by atoms with Crippen LogP contribution in [0.3, 0.4) is 0 Å². The van der Waals surface area contributed by atoms with Crippen molar-refractivity contribution in [1.29, 1.82) is 0 Å². The van der Waals surface area contributed by atoms with Gasteiger partial charge in [-0.15, -0.1) is 0 Å². The average molecular weight is 276 g/mol. The smallest absolute Gasteiger partial charge is 0.314 e. The first-order valence-electron chi connectivity index (χ1n) is 5.64. The Morgan fingerprint density at radius 1 is 1.35 bits per heavy atom. The Kier molecular flexibility index (Phi) is 3.94. The molecule has 1 aromatic carbocycles. The van der Waals surface area contributed by atoms with Crippen molar-refractivity contribution >= 4 is 11.5 Å². The zero-order valence-corrected chi connectivity index (χ0v) is 10.9. The van der Waals surface area contributed by atoms with Crippen LogP contribution in [-0.4, -0.2) is 29.0 Å². The lowest BCUT2D eigenvalue weighted by atomic mass is 10.3. The van der Waals surface area contributed by atoms with Crippen LogP contribution in [0.1, 0.15) is 0 Å². The van der Waals surface area contributed by atoms with Crippen molar-refractivity contribution in [3.05, 3.63) is 40.7 Å². The second kappa shape index (κ2) is 5.83. The Morgan fingerprint density at radius 3 is 2.80 bits per heavy atom. The highest BCUT2D eigenvalue weighted by molar-refractivity contribution is 5.51. The Morgan fingerprint density at radius 2 is 2.15 bits per heavy atom. The molecule has 20 heavy (non-hydrogen) atoms. The highest BCUT2D eigenvalue weighted by Crippen LogP contribution is 2.32. The Bertz CT molecular complexity index is 633. The molecule has 0 aliphatic heterocycles. The monoisotopic (exact) mass is 276 g/mol. The number of nitrogens with one attached hydrogen (secondary N) is 1. The first-order chi connectivity index (χ1) is 9.63. The van der Waals surface area contributed by atoms with Gasteiger partial charge >= 0.3 is 5.69 Å². The molecule has 0 radical (unpaired) electrons. The fourth-order valence-electron chi connectivity index (χ4n) is 1.51. The molecule has 0 bridgehead atoms. The maximum absolute atomic E-state index is 10.9. The summed E-state index contributed by atoms with van der Waals surface area (Å²) in [5.41, 5.74) is -0.178. The van der Waals surface area contributed by atoms with Crippen LogP contribution in [-0.2, 0) is 0 Å². The molecule has 0 amide bonds. The third-order valence-corrected chi connectivity index (χ3v) is 2.44. The SMILES string of the molecule is CNc1cncc(Oc2ccc(OC)c([N+](=O)[O-])c2)n1. The fourth-order valence-corrected chi connectivity index (χ4v) is 1.51. The van der Waals surface area contributed by atoms with E-state index in [1.807, 2.05) is 0 Å². The van der Waals surface area contributed by atoms with E-state index in [0.29, 0.717) is 5.82 Å². The lowest BCUT2D eigenvalue weighted by Gasteiger charge is -2.07. The van der Waals surface area contributed by atoms with E-state index in [1.165, 1.54) is 31.6 Å². The van der Waals surface area contributed by atoms with Gasteiger partial charge in [0, 0.05) is 7.05 Å². The van der Waals surface area contributed by atoms with Crippen LogP contribution < -0.4 is 14.8 Å². The number of ether oxygens (including phenoxy) is 2. The standard InChI is InChI=1S/C12H12N4O4/c1-13-11-6-14-7-12(15-11)20-8-3-4-10(19-2)9(5-8)16(17)18/h3-7H,1-2H3,(H,13,15). The van der Waals surface area contributed by atoms with Gasteiger partial charge in [0.15, 0.2) is 5.75 Å². The predicted molar refractivity (Wildman–Crippen MR) is 71.3 cm³/mol. The summed E-state index contributed by atoms with van der Waals surface area (Å²) in [6.45, 7) is 0. The molecule has 104 valence electrons. The summed E-state index contributed by atoms with van der Waals surface area (Å²) in [5.74, 6) is 1.21. The number of nitro groups is 1. The summed E-state index contributed by atoms with van der Waals surface area (Å²) in [6.07, 6.45) is 2.94. The summed E-state index contributed by atoms with van der Waals surface area (Å²) in [5, 5.41) is 13.7. The molecule has 0 saturated carbocycles. The Labute approximate surface area is 114 Å². The first-order valence-corrected chi connectivity index (χ1v) is 5.64. The number of aromatic nitrogens is 2. The van der Waals surface area contributed by atoms with Gasteiger partial charge in [0.05, 0.1) is 30.5 Å². The van der Waals surface area contributed by atoms with Crippen LogP contribution in [0.4, 0.5) is 11.5 Å². The second-order valence-corrected chi connectivity index (χ2v) is 3.69. The van der Waals surface area contributed by atoms with Gasteiger partial charge in [0.25, 0.3) is 0 Å². The molecule has 1 N–H and O–H groups in total. The lowest BCUT2D eigenvalue weighted by Crippen LogP contribution is -1.97. The van der Waals surface area contributed by atoms with E-state index in [2.05, 4.69) is 15.3 Å². The van der Waals surface area contributed by atoms with Crippen LogP contribution in [0.15, 0.2) is 30.6 Å². The quantitative estimate of drug-likeness (QED) is 0.660. The predicted octanol–water partition coefficient (Wildman–Crippen LogP) is 2.23. The maximum Gasteiger partial charge on any atom is 0.314 e. The zero-order chi connectivity index (χ0) is 14.5. The van der Waals surface area contributed by atoms with Crippen molar-refractivity contribution in [3.63, 3.8) is 0 Å². The van der Waals surface area contributed by atoms with Crippen molar-refractivity contribution in [2.45, 2.75) is 0 Å². The highest BCUT2D eigenvalue weighted by atomic mass is 16.6. The molecule has 0 atom stereocenters. The Balaban J connectivity index is 2.29. The molecule has 0 aliphatic rings. The van der Waals surface area contributed by atoms with E-state index in [1.54, 1.807) is 13.1 Å². The largest absolute Gasteiger partial charge is 0.490 e. The molecule has 2 rings (SSSR count). The second-order valence-electron chi connectivity index (χ2n) is 3.69. The molecule has 8 nitrogen and oxygen atoms in total. The molecule has 0 unspecified atom stereocenters. The minimum Gasteiger partial charge on any atom is -0.490 e. The average Bonchev–Trinajstić information content (AvgIpc) is 2.47. The number of hydrogen-bond acceptors (Lipinski definition) is 7.